The zero-order valence-electron chi connectivity index (χ0n) is 3.94. The largest absolute Gasteiger partial charge is 0.280 e. The lowest BCUT2D eigenvalue weighted by molar-refractivity contribution is -0.112. The summed E-state index contributed by atoms with van der Waals surface area (Å²) in [5.41, 5.74) is 1.10. The molecular formula is C5H5ClO. The van der Waals surface area contributed by atoms with Gasteiger partial charge in [0.15, 0.2) is 0 Å². The molecule has 1 aliphatic rings. The Morgan fingerprint density at radius 3 is 2.43 bits per heavy atom. The second-order valence-corrected chi connectivity index (χ2v) is 2.06. The summed E-state index contributed by atoms with van der Waals surface area (Å²) in [5.74, 6) is -0.0123. The molecule has 2 heteroatoms. The van der Waals surface area contributed by atoms with Gasteiger partial charge >= 0.3 is 0 Å². The first-order valence-electron chi connectivity index (χ1n) is 2.09. The Labute approximate surface area is 47.0 Å². The molecule has 0 fully saturated rings. The molecule has 0 spiro atoms. The van der Waals surface area contributed by atoms with E-state index >= 15 is 0 Å². The molecule has 0 aliphatic heterocycles. The Morgan fingerprint density at radius 2 is 2.43 bits per heavy atom. The van der Waals surface area contributed by atoms with Crippen molar-refractivity contribution in [1.29, 1.82) is 0 Å². The number of hydrogen-bond donors (Lipinski definition) is 0. The van der Waals surface area contributed by atoms with Gasteiger partial charge in [-0.05, 0) is 18.5 Å². The third kappa shape index (κ3) is 0.829. The van der Waals surface area contributed by atoms with Gasteiger partial charge in [-0.25, -0.2) is 0 Å². The number of rotatable bonds is 1. The molecule has 38 valence electrons. The van der Waals surface area contributed by atoms with Crippen molar-refractivity contribution < 1.29 is 4.79 Å². The van der Waals surface area contributed by atoms with Crippen molar-refractivity contribution in [3.63, 3.8) is 0 Å². The summed E-state index contributed by atoms with van der Waals surface area (Å²) in [4.78, 5) is 10.1. The topological polar surface area (TPSA) is 17.1 Å². The van der Waals surface area contributed by atoms with E-state index in [0.717, 1.165) is 5.57 Å². The van der Waals surface area contributed by atoms with E-state index in [2.05, 4.69) is 0 Å². The van der Waals surface area contributed by atoms with Gasteiger partial charge in [0, 0.05) is 0 Å². The maximum absolute atomic E-state index is 10.1. The lowest BCUT2D eigenvalue weighted by atomic mass is 10.3. The lowest BCUT2D eigenvalue weighted by Gasteiger charge is -1.79. The van der Waals surface area contributed by atoms with Crippen LogP contribution in [0.15, 0.2) is 11.6 Å². The number of hydrogen-bond acceptors (Lipinski definition) is 1. The summed E-state index contributed by atoms with van der Waals surface area (Å²) in [7, 11) is 0. The van der Waals surface area contributed by atoms with E-state index < -0.39 is 0 Å². The van der Waals surface area contributed by atoms with E-state index in [1.54, 1.807) is 0 Å². The van der Waals surface area contributed by atoms with Crippen molar-refractivity contribution in [3.05, 3.63) is 11.6 Å². The van der Waals surface area contributed by atoms with Crippen LogP contribution in [-0.2, 0) is 4.79 Å². The van der Waals surface area contributed by atoms with E-state index in [0.29, 0.717) is 0 Å². The predicted octanol–water partition coefficient (Wildman–Crippen LogP) is 1.33. The Bertz CT molecular complexity index is 137. The van der Waals surface area contributed by atoms with Crippen molar-refractivity contribution in [3.8, 4) is 0 Å². The van der Waals surface area contributed by atoms with E-state index in [9.17, 15) is 4.79 Å². The van der Waals surface area contributed by atoms with Crippen LogP contribution in [0.4, 0.5) is 0 Å². The summed E-state index contributed by atoms with van der Waals surface area (Å²) < 4.78 is 0. The number of carbonyl (C=O) groups excluding carboxylic acids is 1. The monoisotopic (exact) mass is 116 g/mol. The predicted molar refractivity (Wildman–Crippen MR) is 28.1 cm³/mol. The molecule has 1 rings (SSSR count). The summed E-state index contributed by atoms with van der Waals surface area (Å²) in [5, 5.41) is -0.252. The second-order valence-electron chi connectivity index (χ2n) is 1.69. The first kappa shape index (κ1) is 4.85. The molecule has 1 unspecified atom stereocenters. The first-order chi connectivity index (χ1) is 3.22. The van der Waals surface area contributed by atoms with Crippen molar-refractivity contribution in [2.24, 2.45) is 5.92 Å². The fourth-order valence-corrected chi connectivity index (χ4v) is 0.694. The minimum absolute atomic E-state index is 0.0123. The molecule has 0 saturated heterocycles. The number of allylic oxidation sites excluding steroid dienone is 2. The third-order valence-electron chi connectivity index (χ3n) is 1.06. The molecular weight excluding hydrogens is 112 g/mol. The van der Waals surface area contributed by atoms with Gasteiger partial charge in [0.25, 0.3) is 0 Å². The highest BCUT2D eigenvalue weighted by molar-refractivity contribution is 6.65. The molecule has 0 bridgehead atoms. The van der Waals surface area contributed by atoms with Crippen LogP contribution in [0.5, 0.6) is 0 Å². The molecule has 0 amide bonds. The van der Waals surface area contributed by atoms with Crippen LogP contribution < -0.4 is 0 Å². The molecule has 0 aromatic heterocycles. The Kier molecular flexibility index (Phi) is 0.927. The Balaban J connectivity index is 2.39. The Morgan fingerprint density at radius 1 is 2.00 bits per heavy atom. The standard InChI is InChI=1S/C5H5ClO/c1-3-2-4(3)5(6)7/h2,4H,1H3. The minimum atomic E-state index is -0.252. The number of halogens is 1. The van der Waals surface area contributed by atoms with Crippen molar-refractivity contribution in [2.45, 2.75) is 6.92 Å². The smallest absolute Gasteiger partial charge is 0.232 e. The van der Waals surface area contributed by atoms with Crippen molar-refractivity contribution in [2.75, 3.05) is 0 Å². The van der Waals surface area contributed by atoms with Crippen LogP contribution in [0, 0.1) is 5.92 Å². The SMILES string of the molecule is CC1=CC1C(=O)Cl. The molecule has 0 radical (unpaired) electrons. The van der Waals surface area contributed by atoms with Gasteiger partial charge in [0.1, 0.15) is 0 Å². The highest BCUT2D eigenvalue weighted by Crippen LogP contribution is 2.29. The maximum Gasteiger partial charge on any atom is 0.232 e. The average Bonchev–Trinajstić information content (AvgIpc) is 2.17. The van der Waals surface area contributed by atoms with E-state index in [1.165, 1.54) is 0 Å². The molecule has 0 aromatic rings. The summed E-state index contributed by atoms with van der Waals surface area (Å²) in [6.07, 6.45) is 1.84. The van der Waals surface area contributed by atoms with Gasteiger partial charge < -0.3 is 0 Å². The van der Waals surface area contributed by atoms with E-state index in [1.807, 2.05) is 13.0 Å². The fourth-order valence-electron chi connectivity index (χ4n) is 0.459. The van der Waals surface area contributed by atoms with Crippen molar-refractivity contribution in [1.82, 2.24) is 0 Å². The quantitative estimate of drug-likeness (QED) is 0.373. The van der Waals surface area contributed by atoms with Gasteiger partial charge in [-0.1, -0.05) is 11.6 Å². The molecule has 0 aromatic carbocycles. The highest BCUT2D eigenvalue weighted by atomic mass is 35.5. The zero-order valence-corrected chi connectivity index (χ0v) is 4.70. The van der Waals surface area contributed by atoms with Crippen LogP contribution in [0.1, 0.15) is 6.92 Å². The summed E-state index contributed by atoms with van der Waals surface area (Å²) >= 11 is 5.08. The first-order valence-corrected chi connectivity index (χ1v) is 2.47. The van der Waals surface area contributed by atoms with Crippen LogP contribution >= 0.6 is 11.6 Å². The van der Waals surface area contributed by atoms with Crippen LogP contribution in [0.3, 0.4) is 0 Å². The van der Waals surface area contributed by atoms with Gasteiger partial charge in [-0.3, -0.25) is 4.79 Å². The molecule has 7 heavy (non-hydrogen) atoms. The van der Waals surface area contributed by atoms with Gasteiger partial charge in [-0.2, -0.15) is 0 Å². The molecule has 0 heterocycles. The van der Waals surface area contributed by atoms with E-state index in [4.69, 9.17) is 11.6 Å². The van der Waals surface area contributed by atoms with Gasteiger partial charge in [0.05, 0.1) is 5.92 Å². The fraction of sp³-hybridized carbons (Fsp3) is 0.400. The van der Waals surface area contributed by atoms with Crippen LogP contribution in [0.2, 0.25) is 0 Å². The van der Waals surface area contributed by atoms with Crippen molar-refractivity contribution >= 4 is 16.8 Å². The third-order valence-corrected chi connectivity index (χ3v) is 1.29. The molecule has 1 atom stereocenters. The number of carbonyl (C=O) groups is 1. The normalized spacial score (nSPS) is 26.6. The summed E-state index contributed by atoms with van der Waals surface area (Å²) in [6, 6.07) is 0. The van der Waals surface area contributed by atoms with Gasteiger partial charge in [0.2, 0.25) is 5.24 Å². The second kappa shape index (κ2) is 1.34. The molecule has 1 aliphatic carbocycles. The molecule has 1 nitrogen and oxygen atoms in total. The van der Waals surface area contributed by atoms with Crippen LogP contribution in [-0.4, -0.2) is 5.24 Å². The zero-order chi connectivity index (χ0) is 5.44. The molecule has 0 N–H and O–H groups in total. The van der Waals surface area contributed by atoms with Gasteiger partial charge in [-0.15, -0.1) is 0 Å². The highest BCUT2D eigenvalue weighted by Gasteiger charge is 2.25. The minimum Gasteiger partial charge on any atom is -0.280 e. The van der Waals surface area contributed by atoms with Crippen LogP contribution in [0.25, 0.3) is 0 Å². The molecule has 0 saturated carbocycles. The lowest BCUT2D eigenvalue weighted by Crippen LogP contribution is -1.89. The average molecular weight is 117 g/mol. The van der Waals surface area contributed by atoms with E-state index in [-0.39, 0.29) is 11.2 Å². The maximum atomic E-state index is 10.1. The summed E-state index contributed by atoms with van der Waals surface area (Å²) in [6.45, 7) is 1.89. The Hall–Kier alpha value is -0.300.